The molecule has 0 saturated carbocycles. The molecule has 0 unspecified atom stereocenters. The van der Waals surface area contributed by atoms with Crippen LogP contribution in [0.2, 0.25) is 0 Å². The molecule has 0 aliphatic heterocycles. The van der Waals surface area contributed by atoms with Gasteiger partial charge in [-0.05, 0) is 19.1 Å². The fourth-order valence-corrected chi connectivity index (χ4v) is 1.70. The molecule has 0 N–H and O–H groups in total. The molecule has 0 heterocycles. The van der Waals surface area contributed by atoms with Gasteiger partial charge in [0.2, 0.25) is 0 Å². The minimum absolute atomic E-state index is 0.0727. The summed E-state index contributed by atoms with van der Waals surface area (Å²) in [6.07, 6.45) is 2.87. The molecule has 0 saturated heterocycles. The lowest BCUT2D eigenvalue weighted by Gasteiger charge is -2.17. The number of benzene rings is 1. The van der Waals surface area contributed by atoms with Gasteiger partial charge in [0, 0.05) is 30.8 Å². The Hall–Kier alpha value is -2.43. The predicted octanol–water partition coefficient (Wildman–Crippen LogP) is 4.52. The van der Waals surface area contributed by atoms with E-state index in [2.05, 4.69) is 13.2 Å². The second-order valence-corrected chi connectivity index (χ2v) is 4.53. The minimum atomic E-state index is -0.805. The zero-order valence-electron chi connectivity index (χ0n) is 14.7. The fourth-order valence-electron chi connectivity index (χ4n) is 1.70. The van der Waals surface area contributed by atoms with E-state index < -0.39 is 11.6 Å². The van der Waals surface area contributed by atoms with Crippen LogP contribution in [0.25, 0.3) is 0 Å². The first kappa shape index (κ1) is 21.6. The summed E-state index contributed by atoms with van der Waals surface area (Å²) in [5, 5.41) is 0. The molecule has 0 aliphatic rings. The van der Waals surface area contributed by atoms with Crippen LogP contribution in [0.1, 0.15) is 20.8 Å². The van der Waals surface area contributed by atoms with Gasteiger partial charge in [-0.2, -0.15) is 0 Å². The van der Waals surface area contributed by atoms with Gasteiger partial charge in [0.25, 0.3) is 5.91 Å². The van der Waals surface area contributed by atoms with Gasteiger partial charge in [0.05, 0.1) is 0 Å². The van der Waals surface area contributed by atoms with Gasteiger partial charge in [-0.1, -0.05) is 39.2 Å². The first-order chi connectivity index (χ1) is 11.4. The summed E-state index contributed by atoms with van der Waals surface area (Å²) in [5.41, 5.74) is 0.811. The van der Waals surface area contributed by atoms with Crippen LogP contribution in [0, 0.1) is 11.6 Å². The van der Waals surface area contributed by atoms with Crippen molar-refractivity contribution in [1.82, 2.24) is 4.90 Å². The van der Waals surface area contributed by atoms with E-state index in [1.165, 1.54) is 23.1 Å². The van der Waals surface area contributed by atoms with Crippen molar-refractivity contribution in [3.8, 4) is 5.75 Å². The smallest absolute Gasteiger partial charge is 0.253 e. The van der Waals surface area contributed by atoms with E-state index in [1.807, 2.05) is 20.8 Å². The quantitative estimate of drug-likeness (QED) is 0.541. The highest BCUT2D eigenvalue weighted by Gasteiger charge is 2.15. The number of likely N-dealkylation sites (N-methyl/N-ethyl adjacent to an activating group) is 1. The summed E-state index contributed by atoms with van der Waals surface area (Å²) in [7, 11) is 1.66. The van der Waals surface area contributed by atoms with Gasteiger partial charge >= 0.3 is 0 Å². The van der Waals surface area contributed by atoms with E-state index in [0.29, 0.717) is 17.7 Å². The number of rotatable bonds is 7. The van der Waals surface area contributed by atoms with Crippen molar-refractivity contribution in [2.75, 3.05) is 20.2 Å². The summed E-state index contributed by atoms with van der Waals surface area (Å²) in [6, 6.07) is 3.02. The largest absolute Gasteiger partial charge is 0.486 e. The molecule has 0 spiro atoms. The number of carbonyl (C=O) groups is 1. The molecule has 3 nitrogen and oxygen atoms in total. The Morgan fingerprint density at radius 1 is 1.25 bits per heavy atom. The monoisotopic (exact) mass is 337 g/mol. The van der Waals surface area contributed by atoms with Crippen LogP contribution in [0.3, 0.4) is 0 Å². The first-order valence-corrected chi connectivity index (χ1v) is 7.75. The van der Waals surface area contributed by atoms with Crippen LogP contribution in [0.15, 0.2) is 54.7 Å². The minimum Gasteiger partial charge on any atom is -0.486 e. The number of amides is 1. The first-order valence-electron chi connectivity index (χ1n) is 7.75. The number of hydrogen-bond donors (Lipinski definition) is 0. The van der Waals surface area contributed by atoms with E-state index in [4.69, 9.17) is 4.74 Å². The molecule has 1 amide bonds. The van der Waals surface area contributed by atoms with Crippen molar-refractivity contribution < 1.29 is 18.3 Å². The number of carbonyl (C=O) groups excluding carboxylic acids is 1. The molecule has 0 bridgehead atoms. The topological polar surface area (TPSA) is 29.5 Å². The van der Waals surface area contributed by atoms with Crippen LogP contribution < -0.4 is 4.74 Å². The zero-order valence-corrected chi connectivity index (χ0v) is 14.7. The third-order valence-electron chi connectivity index (χ3n) is 3.13. The molecule has 1 rings (SSSR count). The number of ether oxygens (including phenoxy) is 1. The summed E-state index contributed by atoms with van der Waals surface area (Å²) < 4.78 is 31.7. The Balaban J connectivity index is 0.00000254. The maximum atomic E-state index is 13.5. The van der Waals surface area contributed by atoms with Crippen LogP contribution >= 0.6 is 0 Å². The van der Waals surface area contributed by atoms with Crippen molar-refractivity contribution in [2.24, 2.45) is 0 Å². The third kappa shape index (κ3) is 5.99. The van der Waals surface area contributed by atoms with Crippen molar-refractivity contribution >= 4 is 5.91 Å². The molecule has 132 valence electrons. The Morgan fingerprint density at radius 2 is 1.88 bits per heavy atom. The van der Waals surface area contributed by atoms with Crippen molar-refractivity contribution in [3.05, 3.63) is 66.3 Å². The van der Waals surface area contributed by atoms with E-state index in [9.17, 15) is 13.6 Å². The summed E-state index contributed by atoms with van der Waals surface area (Å²) >= 11 is 0. The van der Waals surface area contributed by atoms with E-state index in [-0.39, 0.29) is 18.3 Å². The molecule has 0 aromatic heterocycles. The van der Waals surface area contributed by atoms with Crippen molar-refractivity contribution in [3.63, 3.8) is 0 Å². The maximum absolute atomic E-state index is 13.5. The average Bonchev–Trinajstić information content (AvgIpc) is 2.60. The molecule has 1 aromatic rings. The highest BCUT2D eigenvalue weighted by atomic mass is 19.1. The highest BCUT2D eigenvalue weighted by molar-refractivity contribution is 5.97. The molecular weight excluding hydrogens is 312 g/mol. The van der Waals surface area contributed by atoms with Crippen LogP contribution in [-0.4, -0.2) is 31.0 Å². The molecule has 0 aliphatic carbocycles. The van der Waals surface area contributed by atoms with E-state index in [0.717, 1.165) is 12.1 Å². The normalized spacial score (nSPS) is 10.8. The van der Waals surface area contributed by atoms with Gasteiger partial charge in [-0.3, -0.25) is 4.79 Å². The van der Waals surface area contributed by atoms with Crippen molar-refractivity contribution in [1.29, 1.82) is 0 Å². The Labute approximate surface area is 142 Å². The van der Waals surface area contributed by atoms with Gasteiger partial charge in [0.1, 0.15) is 12.4 Å². The number of nitrogens with zero attached hydrogens (tertiary/aromatic N) is 1. The van der Waals surface area contributed by atoms with E-state index >= 15 is 0 Å². The zero-order chi connectivity index (χ0) is 18.7. The van der Waals surface area contributed by atoms with Crippen LogP contribution in [0.5, 0.6) is 5.75 Å². The van der Waals surface area contributed by atoms with Crippen LogP contribution in [0.4, 0.5) is 8.78 Å². The van der Waals surface area contributed by atoms with Gasteiger partial charge in [-0.25, -0.2) is 8.78 Å². The van der Waals surface area contributed by atoms with Gasteiger partial charge < -0.3 is 9.64 Å². The lowest BCUT2D eigenvalue weighted by molar-refractivity contribution is -0.125. The second-order valence-electron chi connectivity index (χ2n) is 4.53. The van der Waals surface area contributed by atoms with E-state index in [1.54, 1.807) is 7.05 Å². The molecular formula is C19H25F2NO2. The number of halogens is 2. The standard InChI is InChI=1S/C17H19F2NO2.C2H6/c1-5-12(14(6-2)17(21)20(4)7-3)11-22-16-9-8-13(18)10-15(16)19;1-2/h5-6,8-10H,1-2,7,11H2,3-4H3;1-2H3/b14-12-;. The second kappa shape index (κ2) is 11.2. The molecule has 0 radical (unpaired) electrons. The highest BCUT2D eigenvalue weighted by Crippen LogP contribution is 2.19. The molecule has 24 heavy (non-hydrogen) atoms. The molecule has 1 aromatic carbocycles. The third-order valence-corrected chi connectivity index (χ3v) is 3.13. The fraction of sp³-hybridized carbons (Fsp3) is 0.316. The number of hydrogen-bond acceptors (Lipinski definition) is 2. The summed E-state index contributed by atoms with van der Waals surface area (Å²) in [6.45, 7) is 13.6. The predicted molar refractivity (Wildman–Crippen MR) is 93.9 cm³/mol. The Morgan fingerprint density at radius 3 is 2.33 bits per heavy atom. The lowest BCUT2D eigenvalue weighted by atomic mass is 10.1. The van der Waals surface area contributed by atoms with Gasteiger partial charge in [-0.15, -0.1) is 0 Å². The maximum Gasteiger partial charge on any atom is 0.253 e. The molecule has 0 fully saturated rings. The molecule has 5 heteroatoms. The Kier molecular flexibility index (Phi) is 10.0. The molecule has 0 atom stereocenters. The lowest BCUT2D eigenvalue weighted by Crippen LogP contribution is -2.28. The average molecular weight is 337 g/mol. The SMILES string of the molecule is C=C/C(COc1ccc(F)cc1F)=C(\C=C)C(=O)N(C)CC.CC. The van der Waals surface area contributed by atoms with Gasteiger partial charge in [0.15, 0.2) is 11.6 Å². The summed E-state index contributed by atoms with van der Waals surface area (Å²) in [4.78, 5) is 13.7. The Bertz CT molecular complexity index is 609. The summed E-state index contributed by atoms with van der Waals surface area (Å²) in [5.74, 6) is -1.81. The van der Waals surface area contributed by atoms with Crippen molar-refractivity contribution in [2.45, 2.75) is 20.8 Å². The van der Waals surface area contributed by atoms with Crippen LogP contribution in [-0.2, 0) is 4.79 Å².